The summed E-state index contributed by atoms with van der Waals surface area (Å²) in [5, 5.41) is 10.2. The van der Waals surface area contributed by atoms with E-state index < -0.39 is 38.4 Å². The van der Waals surface area contributed by atoms with E-state index in [-0.39, 0.29) is 23.4 Å². The zero-order chi connectivity index (χ0) is 18.4. The molecule has 2 aromatic heterocycles. The molecule has 3 rings (SSSR count). The molecule has 5 N–H and O–H groups in total. The van der Waals surface area contributed by atoms with Crippen LogP contribution >= 0.6 is 7.82 Å². The van der Waals surface area contributed by atoms with Gasteiger partial charge in [0.25, 0.3) is 0 Å². The number of hydrogen-bond donors (Lipinski definition) is 4. The van der Waals surface area contributed by atoms with Crippen molar-refractivity contribution >= 4 is 24.8 Å². The van der Waals surface area contributed by atoms with E-state index >= 15 is 0 Å². The van der Waals surface area contributed by atoms with E-state index in [1.807, 2.05) is 0 Å². The molecule has 1 aliphatic rings. The van der Waals surface area contributed by atoms with Crippen molar-refractivity contribution in [3.05, 3.63) is 12.4 Å². The first-order chi connectivity index (χ1) is 11.6. The van der Waals surface area contributed by atoms with E-state index in [4.69, 9.17) is 26.7 Å². The minimum absolute atomic E-state index is 0.0194. The molecule has 1 saturated heterocycles. The van der Waals surface area contributed by atoms with Crippen LogP contribution < -0.4 is 5.73 Å². The summed E-state index contributed by atoms with van der Waals surface area (Å²) in [6, 6.07) is 0. The number of aliphatic hydroxyl groups excluding tert-OH is 1. The van der Waals surface area contributed by atoms with E-state index in [0.29, 0.717) is 0 Å². The Morgan fingerprint density at radius 3 is 2.96 bits per heavy atom. The molecule has 0 aliphatic carbocycles. The van der Waals surface area contributed by atoms with Crippen molar-refractivity contribution in [2.75, 3.05) is 12.3 Å². The highest BCUT2D eigenvalue weighted by Gasteiger charge is 2.49. The molecule has 3 atom stereocenters. The van der Waals surface area contributed by atoms with Gasteiger partial charge in [0.05, 0.1) is 6.33 Å². The number of phosphoric ester groups is 1. The molecule has 11 nitrogen and oxygen atoms in total. The number of imidazole rings is 1. The number of nitrogens with two attached hydrogens (primary N) is 1. The number of aromatic nitrogens is 4. The Labute approximate surface area is 139 Å². The summed E-state index contributed by atoms with van der Waals surface area (Å²) in [5.74, 6) is 1.98. The summed E-state index contributed by atoms with van der Waals surface area (Å²) >= 11 is 0. The van der Waals surface area contributed by atoms with Crippen LogP contribution in [0.25, 0.3) is 11.2 Å². The Kier molecular flexibility index (Phi) is 4.24. The minimum atomic E-state index is -4.82. The Morgan fingerprint density at radius 2 is 2.32 bits per heavy atom. The van der Waals surface area contributed by atoms with E-state index in [1.54, 1.807) is 0 Å². The molecule has 134 valence electrons. The molecule has 0 amide bonds. The van der Waals surface area contributed by atoms with Gasteiger partial charge in [-0.2, -0.15) is 14.4 Å². The zero-order valence-corrected chi connectivity index (χ0v) is 13.4. The predicted molar refractivity (Wildman–Crippen MR) is 80.0 cm³/mol. The minimum Gasteiger partial charge on any atom is -0.389 e. The third kappa shape index (κ3) is 3.21. The summed E-state index contributed by atoms with van der Waals surface area (Å²) in [5.41, 5.74) is 3.92. The number of aliphatic hydroxyl groups is 1. The number of hydrogen-bond acceptors (Lipinski definition) is 8. The number of terminal acetylenes is 1. The first-order valence-electron chi connectivity index (χ1n) is 6.84. The molecule has 3 heterocycles. The van der Waals surface area contributed by atoms with Crippen molar-refractivity contribution < 1.29 is 33.1 Å². The second kappa shape index (κ2) is 5.99. The number of halogens is 1. The SMILES string of the molecule is C#C[C@]1(COP(=O)(O)O)O[C@@H](n2cnc3c(N)nc(F)nc32)C[C@@H]1O. The standard InChI is InChI=1S/C12H13FN5O6P/c1-2-12(4-23-25(20,21)22)6(19)3-7(24-12)18-5-15-8-9(14)16-11(13)17-10(8)18/h1,5-7,19H,3-4H2,(H2,14,16,17)(H2,20,21,22)/t6-,7+,12+/m0/s1. The third-order valence-electron chi connectivity index (χ3n) is 3.73. The van der Waals surface area contributed by atoms with Crippen LogP contribution in [0.15, 0.2) is 6.33 Å². The lowest BCUT2D eigenvalue weighted by Crippen LogP contribution is -2.42. The largest absolute Gasteiger partial charge is 0.469 e. The monoisotopic (exact) mass is 373 g/mol. The number of phosphoric acid groups is 1. The fourth-order valence-electron chi connectivity index (χ4n) is 2.52. The summed E-state index contributed by atoms with van der Waals surface area (Å²) in [6.45, 7) is -0.746. The van der Waals surface area contributed by atoms with Crippen molar-refractivity contribution in [2.45, 2.75) is 24.4 Å². The van der Waals surface area contributed by atoms with Gasteiger partial charge < -0.3 is 25.4 Å². The van der Waals surface area contributed by atoms with Gasteiger partial charge in [0, 0.05) is 6.42 Å². The second-order valence-corrected chi connectivity index (χ2v) is 6.56. The molecule has 0 bridgehead atoms. The highest BCUT2D eigenvalue weighted by Crippen LogP contribution is 2.43. The normalized spacial score (nSPS) is 26.8. The van der Waals surface area contributed by atoms with E-state index in [9.17, 15) is 14.1 Å². The number of anilines is 1. The summed E-state index contributed by atoms with van der Waals surface area (Å²) < 4.78 is 35.6. The second-order valence-electron chi connectivity index (χ2n) is 5.32. The maximum Gasteiger partial charge on any atom is 0.469 e. The molecule has 25 heavy (non-hydrogen) atoms. The number of fused-ring (bicyclic) bond motifs is 1. The number of ether oxygens (including phenoxy) is 1. The quantitative estimate of drug-likeness (QED) is 0.306. The highest BCUT2D eigenvalue weighted by atomic mass is 31.2. The van der Waals surface area contributed by atoms with Crippen molar-refractivity contribution in [3.63, 3.8) is 0 Å². The van der Waals surface area contributed by atoms with E-state index in [2.05, 4.69) is 25.4 Å². The number of nitrogen functional groups attached to an aromatic ring is 1. The number of rotatable bonds is 4. The maximum atomic E-state index is 13.4. The van der Waals surface area contributed by atoms with Crippen molar-refractivity contribution in [3.8, 4) is 12.3 Å². The number of nitrogens with zero attached hydrogens (tertiary/aromatic N) is 4. The van der Waals surface area contributed by atoms with Gasteiger partial charge in [-0.05, 0) is 0 Å². The van der Waals surface area contributed by atoms with Crippen LogP contribution in [0.4, 0.5) is 10.2 Å². The van der Waals surface area contributed by atoms with Gasteiger partial charge in [0.15, 0.2) is 22.6 Å². The molecule has 1 aliphatic heterocycles. The lowest BCUT2D eigenvalue weighted by atomic mass is 9.99. The summed E-state index contributed by atoms with van der Waals surface area (Å²) in [6.07, 6.45) is 3.22. The van der Waals surface area contributed by atoms with Crippen molar-refractivity contribution in [2.24, 2.45) is 0 Å². The first kappa shape index (κ1) is 17.7. The Hall–Kier alpha value is -2.13. The van der Waals surface area contributed by atoms with Crippen LogP contribution in [0.2, 0.25) is 0 Å². The molecule has 13 heteroatoms. The Balaban J connectivity index is 1.93. The van der Waals surface area contributed by atoms with E-state index in [0.717, 1.165) is 0 Å². The Morgan fingerprint density at radius 1 is 1.60 bits per heavy atom. The molecule has 0 saturated carbocycles. The van der Waals surface area contributed by atoms with Crippen LogP contribution in [0, 0.1) is 18.4 Å². The summed E-state index contributed by atoms with van der Waals surface area (Å²) in [7, 11) is -4.82. The molecule has 0 aromatic carbocycles. The van der Waals surface area contributed by atoms with Gasteiger partial charge in [-0.15, -0.1) is 6.42 Å². The molecule has 0 spiro atoms. The van der Waals surface area contributed by atoms with Crippen molar-refractivity contribution in [1.29, 1.82) is 0 Å². The van der Waals surface area contributed by atoms with Gasteiger partial charge in [-0.1, -0.05) is 5.92 Å². The molecule has 0 unspecified atom stereocenters. The molecular weight excluding hydrogens is 360 g/mol. The van der Waals surface area contributed by atoms with Crippen molar-refractivity contribution in [1.82, 2.24) is 19.5 Å². The molecule has 2 aromatic rings. The average molecular weight is 373 g/mol. The van der Waals surface area contributed by atoms with Crippen LogP contribution in [0.1, 0.15) is 12.6 Å². The zero-order valence-electron chi connectivity index (χ0n) is 12.5. The average Bonchev–Trinajstić information content (AvgIpc) is 3.06. The third-order valence-corrected chi connectivity index (χ3v) is 4.20. The van der Waals surface area contributed by atoms with Gasteiger partial charge in [-0.3, -0.25) is 9.09 Å². The van der Waals surface area contributed by atoms with Gasteiger partial charge in [0.2, 0.25) is 0 Å². The van der Waals surface area contributed by atoms with E-state index in [1.165, 1.54) is 10.9 Å². The smallest absolute Gasteiger partial charge is 0.389 e. The fraction of sp³-hybridized carbons (Fsp3) is 0.417. The molecular formula is C12H13FN5O6P. The van der Waals surface area contributed by atoms with Crippen LogP contribution in [0.3, 0.4) is 0 Å². The topological polar surface area (TPSA) is 166 Å². The van der Waals surface area contributed by atoms with Gasteiger partial charge in [-0.25, -0.2) is 9.55 Å². The maximum absolute atomic E-state index is 13.4. The molecule has 0 radical (unpaired) electrons. The fourth-order valence-corrected chi connectivity index (χ4v) is 2.88. The van der Waals surface area contributed by atoms with Gasteiger partial charge >= 0.3 is 13.9 Å². The predicted octanol–water partition coefficient (Wildman–Crippen LogP) is -0.691. The first-order valence-corrected chi connectivity index (χ1v) is 8.37. The highest BCUT2D eigenvalue weighted by molar-refractivity contribution is 7.46. The Bertz CT molecular complexity index is 909. The lowest BCUT2D eigenvalue weighted by Gasteiger charge is -2.26. The summed E-state index contributed by atoms with van der Waals surface area (Å²) in [4.78, 5) is 28.6. The van der Waals surface area contributed by atoms with Crippen LogP contribution in [0.5, 0.6) is 0 Å². The van der Waals surface area contributed by atoms with Crippen LogP contribution in [-0.2, 0) is 13.8 Å². The molecule has 1 fully saturated rings. The van der Waals surface area contributed by atoms with Gasteiger partial charge in [0.1, 0.15) is 18.9 Å². The lowest BCUT2D eigenvalue weighted by molar-refractivity contribution is -0.0876. The van der Waals surface area contributed by atoms with Crippen LogP contribution in [-0.4, -0.2) is 52.7 Å².